The number of pyridine rings is 2. The van der Waals surface area contributed by atoms with Crippen LogP contribution in [0.15, 0.2) is 59.6 Å². The molecule has 0 bridgehead atoms. The maximum absolute atomic E-state index is 13.8. The van der Waals surface area contributed by atoms with Crippen LogP contribution in [0.2, 0.25) is 0 Å². The molecule has 7 nitrogen and oxygen atoms in total. The summed E-state index contributed by atoms with van der Waals surface area (Å²) >= 11 is 0. The number of aliphatic hydroxyl groups is 1. The van der Waals surface area contributed by atoms with Crippen LogP contribution in [0.25, 0.3) is 11.3 Å². The van der Waals surface area contributed by atoms with E-state index in [2.05, 4.69) is 21.6 Å². The highest BCUT2D eigenvalue weighted by Gasteiger charge is 2.35. The van der Waals surface area contributed by atoms with Gasteiger partial charge in [-0.3, -0.25) is 4.72 Å². The van der Waals surface area contributed by atoms with Gasteiger partial charge >= 0.3 is 6.18 Å². The predicted molar refractivity (Wildman–Crippen MR) is 131 cm³/mol. The maximum atomic E-state index is 13.8. The number of alkyl halides is 3. The van der Waals surface area contributed by atoms with Gasteiger partial charge in [0.25, 0.3) is 10.0 Å². The number of hydrogen-bond acceptors (Lipinski definition) is 6. The molecule has 0 aliphatic carbocycles. The van der Waals surface area contributed by atoms with Crippen molar-refractivity contribution >= 4 is 21.7 Å². The number of halogens is 3. The Hall–Kier alpha value is -3.18. The summed E-state index contributed by atoms with van der Waals surface area (Å²) in [5.74, 6) is 0.724. The van der Waals surface area contributed by atoms with Gasteiger partial charge in [-0.15, -0.1) is 0 Å². The zero-order chi connectivity index (χ0) is 25.9. The number of nitrogens with one attached hydrogen (secondary N) is 1. The van der Waals surface area contributed by atoms with Gasteiger partial charge in [0, 0.05) is 25.3 Å². The fraction of sp³-hybridized carbons (Fsp3) is 0.360. The van der Waals surface area contributed by atoms with E-state index in [9.17, 15) is 26.7 Å². The van der Waals surface area contributed by atoms with Gasteiger partial charge < -0.3 is 10.0 Å². The van der Waals surface area contributed by atoms with E-state index in [-0.39, 0.29) is 29.4 Å². The summed E-state index contributed by atoms with van der Waals surface area (Å²) in [4.78, 5) is 10.4. The summed E-state index contributed by atoms with van der Waals surface area (Å²) < 4.78 is 69.9. The number of benzene rings is 1. The molecule has 11 heteroatoms. The first kappa shape index (κ1) is 25.9. The molecule has 3 heterocycles. The van der Waals surface area contributed by atoms with E-state index in [1.54, 1.807) is 30.3 Å². The summed E-state index contributed by atoms with van der Waals surface area (Å²) in [5, 5.41) is 9.09. The van der Waals surface area contributed by atoms with Crippen LogP contribution in [0.4, 0.5) is 24.8 Å². The molecule has 1 aliphatic rings. The van der Waals surface area contributed by atoms with Crippen LogP contribution < -0.4 is 9.62 Å². The van der Waals surface area contributed by atoms with E-state index in [1.165, 1.54) is 12.1 Å². The highest BCUT2D eigenvalue weighted by atomic mass is 32.2. The lowest BCUT2D eigenvalue weighted by molar-refractivity contribution is -0.137. The lowest BCUT2D eigenvalue weighted by Gasteiger charge is -2.31. The van der Waals surface area contributed by atoms with E-state index in [1.807, 2.05) is 4.90 Å². The molecule has 1 unspecified atom stereocenters. The Balaban J connectivity index is 1.69. The molecular weight excluding hydrogens is 493 g/mol. The third-order valence-electron chi connectivity index (χ3n) is 6.06. The van der Waals surface area contributed by atoms with Gasteiger partial charge in [0.15, 0.2) is 5.03 Å². The molecule has 192 valence electrons. The molecule has 0 spiro atoms. The molecule has 0 saturated carbocycles. The Labute approximate surface area is 208 Å². The van der Waals surface area contributed by atoms with E-state index < -0.39 is 27.5 Å². The summed E-state index contributed by atoms with van der Waals surface area (Å²) in [5.41, 5.74) is -0.798. The van der Waals surface area contributed by atoms with Crippen LogP contribution >= 0.6 is 0 Å². The van der Waals surface area contributed by atoms with Crippen molar-refractivity contribution in [2.24, 2.45) is 5.92 Å². The number of piperidine rings is 1. The third-order valence-corrected chi connectivity index (χ3v) is 7.31. The number of nitrogens with zero attached hydrogens (tertiary/aromatic N) is 3. The molecule has 1 saturated heterocycles. The molecule has 0 amide bonds. The number of sulfonamides is 1. The summed E-state index contributed by atoms with van der Waals surface area (Å²) in [6, 6.07) is 12.7. The Kier molecular flexibility index (Phi) is 7.51. The monoisotopic (exact) mass is 520 g/mol. The Morgan fingerprint density at radius 2 is 1.86 bits per heavy atom. The molecule has 1 atom stereocenters. The quantitative estimate of drug-likeness (QED) is 0.468. The van der Waals surface area contributed by atoms with Crippen LogP contribution in [0.5, 0.6) is 0 Å². The minimum Gasteiger partial charge on any atom is -0.396 e. The first-order chi connectivity index (χ1) is 17.1. The Morgan fingerprint density at radius 1 is 1.08 bits per heavy atom. The fourth-order valence-electron chi connectivity index (χ4n) is 4.36. The number of rotatable bonds is 7. The normalized spacial score (nSPS) is 16.7. The average molecular weight is 521 g/mol. The van der Waals surface area contributed by atoms with Crippen molar-refractivity contribution in [3.05, 3.63) is 65.7 Å². The zero-order valence-electron chi connectivity index (χ0n) is 19.7. The lowest BCUT2D eigenvalue weighted by atomic mass is 9.98. The SMILES string of the molecule is CC1CCCN(c2cccc(S(=O)(=O)Nc3ccc(C(F)(F)F)c(-c4ccccc4CCO)n3)n2)C1. The van der Waals surface area contributed by atoms with Gasteiger partial charge in [-0.1, -0.05) is 37.3 Å². The number of aromatic nitrogens is 2. The molecule has 1 aliphatic heterocycles. The number of anilines is 2. The van der Waals surface area contributed by atoms with Gasteiger partial charge in [-0.2, -0.15) is 21.6 Å². The molecular formula is C25H27F3N4O3S. The largest absolute Gasteiger partial charge is 0.418 e. The highest BCUT2D eigenvalue weighted by molar-refractivity contribution is 7.92. The molecule has 0 radical (unpaired) electrons. The van der Waals surface area contributed by atoms with Crippen molar-refractivity contribution in [3.63, 3.8) is 0 Å². The number of aliphatic hydroxyl groups excluding tert-OH is 1. The second-order valence-corrected chi connectivity index (χ2v) is 10.5. The van der Waals surface area contributed by atoms with E-state index in [0.717, 1.165) is 38.1 Å². The van der Waals surface area contributed by atoms with E-state index in [4.69, 9.17) is 0 Å². The molecule has 3 aromatic rings. The second kappa shape index (κ2) is 10.4. The average Bonchev–Trinajstić information content (AvgIpc) is 2.84. The minimum atomic E-state index is -4.71. The van der Waals surface area contributed by atoms with Crippen LogP contribution in [0, 0.1) is 5.92 Å². The Bertz CT molecular complexity index is 1330. The first-order valence-corrected chi connectivity index (χ1v) is 13.1. The van der Waals surface area contributed by atoms with E-state index in [0.29, 0.717) is 17.3 Å². The lowest BCUT2D eigenvalue weighted by Crippen LogP contribution is -2.35. The molecule has 36 heavy (non-hydrogen) atoms. The zero-order valence-corrected chi connectivity index (χ0v) is 20.5. The molecule has 1 aromatic carbocycles. The molecule has 4 rings (SSSR count). The van der Waals surface area contributed by atoms with Crippen molar-refractivity contribution < 1.29 is 26.7 Å². The van der Waals surface area contributed by atoms with Crippen LogP contribution in [-0.2, 0) is 22.6 Å². The highest BCUT2D eigenvalue weighted by Crippen LogP contribution is 2.38. The summed E-state index contributed by atoms with van der Waals surface area (Å²) in [7, 11) is -4.23. The molecule has 2 aromatic heterocycles. The second-order valence-electron chi connectivity index (χ2n) is 8.85. The molecule has 2 N–H and O–H groups in total. The van der Waals surface area contributed by atoms with Gasteiger partial charge in [-0.25, -0.2) is 9.97 Å². The predicted octanol–water partition coefficient (Wildman–Crippen LogP) is 4.73. The van der Waals surface area contributed by atoms with Crippen LogP contribution in [0.3, 0.4) is 0 Å². The maximum Gasteiger partial charge on any atom is 0.418 e. The van der Waals surface area contributed by atoms with Gasteiger partial charge in [-0.05, 0) is 55.0 Å². The van der Waals surface area contributed by atoms with Gasteiger partial charge in [0.05, 0.1) is 11.3 Å². The standard InChI is InChI=1S/C25H27F3N4O3S/c1-17-6-5-14-32(16-17)22-9-4-10-23(30-22)36(34,35)31-21-12-11-20(25(26,27)28)24(29-21)19-8-3-2-7-18(19)13-15-33/h2-4,7-12,17,33H,5-6,13-16H2,1H3,(H,29,31). The Morgan fingerprint density at radius 3 is 2.58 bits per heavy atom. The van der Waals surface area contributed by atoms with Crippen LogP contribution in [-0.4, -0.2) is 43.2 Å². The summed E-state index contributed by atoms with van der Waals surface area (Å²) in [6.45, 7) is 3.40. The van der Waals surface area contributed by atoms with Crippen molar-refractivity contribution in [2.45, 2.75) is 37.4 Å². The summed E-state index contributed by atoms with van der Waals surface area (Å²) in [6.07, 6.45) is -2.52. The first-order valence-electron chi connectivity index (χ1n) is 11.6. The molecule has 1 fully saturated rings. The van der Waals surface area contributed by atoms with Crippen molar-refractivity contribution in [1.82, 2.24) is 9.97 Å². The number of hydrogen-bond donors (Lipinski definition) is 2. The smallest absolute Gasteiger partial charge is 0.396 e. The van der Waals surface area contributed by atoms with Gasteiger partial charge in [0.2, 0.25) is 0 Å². The van der Waals surface area contributed by atoms with Gasteiger partial charge in [0.1, 0.15) is 11.6 Å². The van der Waals surface area contributed by atoms with E-state index >= 15 is 0 Å². The van der Waals surface area contributed by atoms with Crippen molar-refractivity contribution in [3.8, 4) is 11.3 Å². The third kappa shape index (κ3) is 5.79. The van der Waals surface area contributed by atoms with Crippen LogP contribution in [0.1, 0.15) is 30.9 Å². The van der Waals surface area contributed by atoms with Crippen molar-refractivity contribution in [2.75, 3.05) is 29.3 Å². The van der Waals surface area contributed by atoms with Crippen molar-refractivity contribution in [1.29, 1.82) is 0 Å². The minimum absolute atomic E-state index is 0.122. The topological polar surface area (TPSA) is 95.4 Å². The fourth-order valence-corrected chi connectivity index (χ4v) is 5.32.